The van der Waals surface area contributed by atoms with Gasteiger partial charge in [0.25, 0.3) is 0 Å². The Morgan fingerprint density at radius 1 is 0.358 bits per heavy atom. The van der Waals surface area contributed by atoms with Crippen LogP contribution in [0.5, 0.6) is 0 Å². The van der Waals surface area contributed by atoms with Crippen molar-refractivity contribution in [1.82, 2.24) is 19.9 Å². The van der Waals surface area contributed by atoms with Crippen LogP contribution in [-0.4, -0.2) is 19.9 Å². The first-order valence-electron chi connectivity index (χ1n) is 17.7. The SMILES string of the molecule is c1ccc(-c2nc(-c3cc(-c4cccc5oc6ccccc6c45)c4ccccc4c3)nc(-c3ccc4c(ccc5cnc6ccccc6c54)c3)n2)cc1. The molecule has 0 aliphatic carbocycles. The Morgan fingerprint density at radius 3 is 1.91 bits per heavy atom. The third kappa shape index (κ3) is 4.79. The van der Waals surface area contributed by atoms with Crippen LogP contribution in [0.3, 0.4) is 0 Å². The lowest BCUT2D eigenvalue weighted by Crippen LogP contribution is -2.00. The quantitative estimate of drug-likeness (QED) is 0.174. The molecule has 0 unspecified atom stereocenters. The average molecular weight is 677 g/mol. The van der Waals surface area contributed by atoms with Gasteiger partial charge >= 0.3 is 0 Å². The van der Waals surface area contributed by atoms with E-state index in [9.17, 15) is 0 Å². The molecule has 3 aromatic heterocycles. The van der Waals surface area contributed by atoms with Crippen molar-refractivity contribution in [3.63, 3.8) is 0 Å². The molecule has 11 rings (SSSR count). The lowest BCUT2D eigenvalue weighted by molar-refractivity contribution is 0.669. The van der Waals surface area contributed by atoms with E-state index in [2.05, 4.69) is 109 Å². The summed E-state index contributed by atoms with van der Waals surface area (Å²) in [6.07, 6.45) is 1.96. The molecule has 0 fully saturated rings. The zero-order valence-corrected chi connectivity index (χ0v) is 28.4. The Hall–Kier alpha value is -7.24. The molecule has 11 aromatic rings. The van der Waals surface area contributed by atoms with E-state index in [1.165, 1.54) is 10.8 Å². The fourth-order valence-corrected chi connectivity index (χ4v) is 7.84. The number of furan rings is 1. The molecule has 0 saturated carbocycles. The van der Waals surface area contributed by atoms with E-state index < -0.39 is 0 Å². The van der Waals surface area contributed by atoms with Gasteiger partial charge in [-0.25, -0.2) is 15.0 Å². The van der Waals surface area contributed by atoms with Gasteiger partial charge in [-0.1, -0.05) is 127 Å². The number of hydrogen-bond donors (Lipinski definition) is 0. The molecule has 0 aliphatic heterocycles. The Bertz CT molecular complexity index is 3240. The molecule has 53 heavy (non-hydrogen) atoms. The highest BCUT2D eigenvalue weighted by atomic mass is 16.3. The number of rotatable bonds is 4. The van der Waals surface area contributed by atoms with Gasteiger partial charge in [0.1, 0.15) is 11.2 Å². The molecule has 8 aromatic carbocycles. The summed E-state index contributed by atoms with van der Waals surface area (Å²) in [5.41, 5.74) is 7.68. The summed E-state index contributed by atoms with van der Waals surface area (Å²) in [6.45, 7) is 0. The lowest BCUT2D eigenvalue weighted by Gasteiger charge is -2.13. The molecule has 0 radical (unpaired) electrons. The fraction of sp³-hybridized carbons (Fsp3) is 0. The minimum Gasteiger partial charge on any atom is -0.456 e. The first-order chi connectivity index (χ1) is 26.2. The second-order valence-electron chi connectivity index (χ2n) is 13.4. The number of nitrogens with zero attached hydrogens (tertiary/aromatic N) is 4. The number of hydrogen-bond acceptors (Lipinski definition) is 5. The van der Waals surface area contributed by atoms with Gasteiger partial charge in [0, 0.05) is 49.8 Å². The van der Waals surface area contributed by atoms with Crippen LogP contribution in [0.25, 0.3) is 110 Å². The number of pyridine rings is 1. The van der Waals surface area contributed by atoms with Crippen LogP contribution < -0.4 is 0 Å². The smallest absolute Gasteiger partial charge is 0.164 e. The van der Waals surface area contributed by atoms with Crippen molar-refractivity contribution < 1.29 is 4.42 Å². The van der Waals surface area contributed by atoms with E-state index in [0.29, 0.717) is 17.5 Å². The van der Waals surface area contributed by atoms with Crippen molar-refractivity contribution in [3.8, 4) is 45.3 Å². The Kier molecular flexibility index (Phi) is 6.48. The average Bonchev–Trinajstić information content (AvgIpc) is 3.62. The zero-order valence-electron chi connectivity index (χ0n) is 28.4. The van der Waals surface area contributed by atoms with Gasteiger partial charge in [-0.3, -0.25) is 4.98 Å². The molecule has 246 valence electrons. The predicted molar refractivity (Wildman–Crippen MR) is 217 cm³/mol. The highest BCUT2D eigenvalue weighted by molar-refractivity contribution is 6.19. The van der Waals surface area contributed by atoms with Crippen molar-refractivity contribution in [2.75, 3.05) is 0 Å². The van der Waals surface area contributed by atoms with Crippen LogP contribution in [0.1, 0.15) is 0 Å². The second-order valence-corrected chi connectivity index (χ2v) is 13.4. The topological polar surface area (TPSA) is 64.7 Å². The van der Waals surface area contributed by atoms with Crippen molar-refractivity contribution in [2.24, 2.45) is 0 Å². The van der Waals surface area contributed by atoms with Crippen LogP contribution in [-0.2, 0) is 0 Å². The first kappa shape index (κ1) is 29.5. The van der Waals surface area contributed by atoms with Gasteiger partial charge in [0.15, 0.2) is 17.5 Å². The monoisotopic (exact) mass is 676 g/mol. The summed E-state index contributed by atoms with van der Waals surface area (Å²) in [5.74, 6) is 1.85. The van der Waals surface area contributed by atoms with E-state index in [-0.39, 0.29) is 0 Å². The molecule has 0 bridgehead atoms. The fourth-order valence-electron chi connectivity index (χ4n) is 7.84. The highest BCUT2D eigenvalue weighted by Gasteiger charge is 2.18. The summed E-state index contributed by atoms with van der Waals surface area (Å²) in [7, 11) is 0. The summed E-state index contributed by atoms with van der Waals surface area (Å²) < 4.78 is 6.31. The molecule has 0 aliphatic rings. The molecule has 0 amide bonds. The summed E-state index contributed by atoms with van der Waals surface area (Å²) in [5, 5.41) is 10.2. The first-order valence-corrected chi connectivity index (χ1v) is 17.7. The second kappa shape index (κ2) is 11.7. The summed E-state index contributed by atoms with van der Waals surface area (Å²) in [4.78, 5) is 20.1. The van der Waals surface area contributed by atoms with E-state index in [0.717, 1.165) is 82.2 Å². The van der Waals surface area contributed by atoms with Crippen LogP contribution in [0.4, 0.5) is 0 Å². The maximum Gasteiger partial charge on any atom is 0.164 e. The maximum atomic E-state index is 6.31. The normalized spacial score (nSPS) is 11.8. The number of benzene rings is 8. The van der Waals surface area contributed by atoms with Crippen LogP contribution in [0, 0.1) is 0 Å². The predicted octanol–water partition coefficient (Wildman–Crippen LogP) is 12.4. The molecule has 3 heterocycles. The minimum atomic E-state index is 0.612. The van der Waals surface area contributed by atoms with E-state index in [1.807, 2.05) is 60.8 Å². The maximum absolute atomic E-state index is 6.31. The molecule has 0 atom stereocenters. The molecule has 0 spiro atoms. The molecular formula is C48H28N4O. The molecule has 0 N–H and O–H groups in total. The highest BCUT2D eigenvalue weighted by Crippen LogP contribution is 2.41. The standard InChI is InChI=1S/C48H28N4O/c1-2-11-29(12-3-1)46-50-47(32-23-24-36-31(25-32)21-22-33-28-49-41-18-8-6-15-38(41)44(33)36)52-48(51-46)34-26-30-13-4-5-14-35(30)40(27-34)37-17-10-20-43-45(37)39-16-7-9-19-42(39)53-43/h1-28H. The van der Waals surface area contributed by atoms with Gasteiger partial charge in [0.05, 0.1) is 5.52 Å². The lowest BCUT2D eigenvalue weighted by atomic mass is 9.92. The zero-order chi connectivity index (χ0) is 34.9. The molecule has 5 heteroatoms. The van der Waals surface area contributed by atoms with Gasteiger partial charge in [-0.2, -0.15) is 0 Å². The molecular weight excluding hydrogens is 649 g/mol. The molecule has 5 nitrogen and oxygen atoms in total. The third-order valence-electron chi connectivity index (χ3n) is 10.3. The largest absolute Gasteiger partial charge is 0.456 e. The van der Waals surface area contributed by atoms with Crippen LogP contribution >= 0.6 is 0 Å². The third-order valence-corrected chi connectivity index (χ3v) is 10.3. The van der Waals surface area contributed by atoms with Gasteiger partial charge in [0.2, 0.25) is 0 Å². The van der Waals surface area contributed by atoms with Gasteiger partial charge < -0.3 is 4.42 Å². The van der Waals surface area contributed by atoms with Crippen LogP contribution in [0.15, 0.2) is 174 Å². The van der Waals surface area contributed by atoms with E-state index in [1.54, 1.807) is 0 Å². The van der Waals surface area contributed by atoms with Crippen LogP contribution in [0.2, 0.25) is 0 Å². The van der Waals surface area contributed by atoms with Gasteiger partial charge in [-0.15, -0.1) is 0 Å². The van der Waals surface area contributed by atoms with Crippen molar-refractivity contribution in [1.29, 1.82) is 0 Å². The van der Waals surface area contributed by atoms with Crippen molar-refractivity contribution in [2.45, 2.75) is 0 Å². The Morgan fingerprint density at radius 2 is 1.02 bits per heavy atom. The Labute approximate surface area is 303 Å². The van der Waals surface area contributed by atoms with Crippen molar-refractivity contribution >= 4 is 65.2 Å². The van der Waals surface area contributed by atoms with Gasteiger partial charge in [-0.05, 0) is 69.1 Å². The summed E-state index contributed by atoms with van der Waals surface area (Å²) >= 11 is 0. The minimum absolute atomic E-state index is 0.612. The van der Waals surface area contributed by atoms with E-state index in [4.69, 9.17) is 24.4 Å². The summed E-state index contributed by atoms with van der Waals surface area (Å²) in [6, 6.07) is 56.7. The van der Waals surface area contributed by atoms with E-state index >= 15 is 0 Å². The molecule has 0 saturated heterocycles. The number of fused-ring (bicyclic) bond motifs is 9. The Balaban J connectivity index is 1.14. The van der Waals surface area contributed by atoms with Crippen molar-refractivity contribution in [3.05, 3.63) is 170 Å². The number of aromatic nitrogens is 4. The number of para-hydroxylation sites is 2.